The average Bonchev–Trinajstić information content (AvgIpc) is 3.44. The first-order valence-corrected chi connectivity index (χ1v) is 34.3. The van der Waals surface area contributed by atoms with Crippen LogP contribution < -0.4 is 0 Å². The topological polar surface area (TPSA) is 78.9 Å². The fourth-order valence-corrected chi connectivity index (χ4v) is 10.1. The van der Waals surface area contributed by atoms with Crippen LogP contribution in [-0.4, -0.2) is 37.2 Å². The maximum absolute atomic E-state index is 12.9. The molecule has 78 heavy (non-hydrogen) atoms. The van der Waals surface area contributed by atoms with Crippen molar-refractivity contribution in [1.82, 2.24) is 0 Å². The summed E-state index contributed by atoms with van der Waals surface area (Å²) in [7, 11) is 0. The second-order valence-electron chi connectivity index (χ2n) is 23.1. The number of unbranched alkanes of at least 4 members (excludes halogenated alkanes) is 42. The Morgan fingerprint density at radius 3 is 0.795 bits per heavy atom. The molecule has 0 aromatic heterocycles. The van der Waals surface area contributed by atoms with E-state index in [1.165, 1.54) is 225 Å². The summed E-state index contributed by atoms with van der Waals surface area (Å²) in [5, 5.41) is 0. The van der Waals surface area contributed by atoms with E-state index < -0.39 is 6.10 Å². The number of allylic oxidation sites excluding steroid dienone is 10. The minimum Gasteiger partial charge on any atom is -0.462 e. The van der Waals surface area contributed by atoms with Gasteiger partial charge in [-0.1, -0.05) is 319 Å². The molecule has 0 heterocycles. The van der Waals surface area contributed by atoms with E-state index in [2.05, 4.69) is 81.5 Å². The molecule has 0 aromatic carbocycles. The first kappa shape index (κ1) is 75.1. The van der Waals surface area contributed by atoms with E-state index in [0.717, 1.165) is 96.3 Å². The van der Waals surface area contributed by atoms with Crippen molar-refractivity contribution in [2.24, 2.45) is 0 Å². The summed E-state index contributed by atoms with van der Waals surface area (Å²) in [6, 6.07) is 0. The Bertz CT molecular complexity index is 1390. The van der Waals surface area contributed by atoms with Gasteiger partial charge in [0.1, 0.15) is 13.2 Å². The third-order valence-electron chi connectivity index (χ3n) is 15.3. The van der Waals surface area contributed by atoms with Gasteiger partial charge in [-0.05, 0) is 83.5 Å². The number of hydrogen-bond acceptors (Lipinski definition) is 6. The molecule has 0 saturated heterocycles. The summed E-state index contributed by atoms with van der Waals surface area (Å²) in [5.41, 5.74) is 0. The van der Waals surface area contributed by atoms with Crippen molar-refractivity contribution in [1.29, 1.82) is 0 Å². The van der Waals surface area contributed by atoms with Gasteiger partial charge in [-0.15, -0.1) is 0 Å². The van der Waals surface area contributed by atoms with Crippen LogP contribution >= 0.6 is 0 Å². The second-order valence-corrected chi connectivity index (χ2v) is 23.1. The number of carbonyl (C=O) groups excluding carboxylic acids is 3. The maximum atomic E-state index is 12.9. The third-order valence-corrected chi connectivity index (χ3v) is 15.3. The highest BCUT2D eigenvalue weighted by Gasteiger charge is 2.19. The van der Waals surface area contributed by atoms with Crippen molar-refractivity contribution in [2.45, 2.75) is 367 Å². The number of hydrogen-bond donors (Lipinski definition) is 0. The quantitative estimate of drug-likeness (QED) is 0.0261. The molecule has 0 aliphatic carbocycles. The van der Waals surface area contributed by atoms with E-state index in [1.54, 1.807) is 0 Å². The van der Waals surface area contributed by atoms with E-state index in [4.69, 9.17) is 14.2 Å². The molecule has 0 aromatic rings. The molecule has 0 rings (SSSR count). The van der Waals surface area contributed by atoms with Gasteiger partial charge in [-0.25, -0.2) is 0 Å². The van der Waals surface area contributed by atoms with Crippen molar-refractivity contribution in [2.75, 3.05) is 13.2 Å². The van der Waals surface area contributed by atoms with Crippen LogP contribution in [0.25, 0.3) is 0 Å². The van der Waals surface area contributed by atoms with Crippen LogP contribution in [0.2, 0.25) is 0 Å². The van der Waals surface area contributed by atoms with Crippen LogP contribution in [0.4, 0.5) is 0 Å². The lowest BCUT2D eigenvalue weighted by Crippen LogP contribution is -2.30. The normalized spacial score (nSPS) is 12.4. The predicted molar refractivity (Wildman–Crippen MR) is 339 cm³/mol. The molecular formula is C72H130O6. The fourth-order valence-electron chi connectivity index (χ4n) is 10.1. The van der Waals surface area contributed by atoms with Gasteiger partial charge < -0.3 is 14.2 Å². The SMILES string of the molecule is CC/C=C\C/C=C\C/C=C\C/C=C\CCCCCCCCC(=O)OC(COC(=O)CCCCCCCCCCCCC/C=C\CCCCCCCCCC)COC(=O)CCCCCCCCCCCCCCCCCCCC. The predicted octanol–water partition coefficient (Wildman–Crippen LogP) is 23.5. The van der Waals surface area contributed by atoms with Crippen molar-refractivity contribution >= 4 is 17.9 Å². The molecule has 0 fully saturated rings. The molecule has 0 spiro atoms. The molecule has 0 radical (unpaired) electrons. The van der Waals surface area contributed by atoms with Gasteiger partial charge in [-0.2, -0.15) is 0 Å². The molecular weight excluding hydrogens is 961 g/mol. The smallest absolute Gasteiger partial charge is 0.306 e. The first-order chi connectivity index (χ1) is 38.5. The summed E-state index contributed by atoms with van der Waals surface area (Å²) in [6.45, 7) is 6.58. The summed E-state index contributed by atoms with van der Waals surface area (Å²) in [5.74, 6) is -0.868. The average molecular weight is 1090 g/mol. The van der Waals surface area contributed by atoms with Crippen LogP contribution in [0.5, 0.6) is 0 Å². The van der Waals surface area contributed by atoms with Gasteiger partial charge in [0.15, 0.2) is 6.10 Å². The minimum absolute atomic E-state index is 0.0764. The zero-order chi connectivity index (χ0) is 56.4. The summed E-state index contributed by atoms with van der Waals surface area (Å²) < 4.78 is 17.0. The van der Waals surface area contributed by atoms with Crippen LogP contribution in [-0.2, 0) is 28.6 Å². The van der Waals surface area contributed by atoms with Crippen LogP contribution in [0.15, 0.2) is 60.8 Å². The molecule has 0 saturated carbocycles. The van der Waals surface area contributed by atoms with E-state index in [9.17, 15) is 14.4 Å². The third kappa shape index (κ3) is 63.9. The van der Waals surface area contributed by atoms with Crippen molar-refractivity contribution in [3.8, 4) is 0 Å². The number of esters is 3. The van der Waals surface area contributed by atoms with Gasteiger partial charge >= 0.3 is 17.9 Å². The van der Waals surface area contributed by atoms with E-state index in [0.29, 0.717) is 19.3 Å². The molecule has 6 nitrogen and oxygen atoms in total. The Labute approximate surface area is 485 Å². The number of carbonyl (C=O) groups is 3. The van der Waals surface area contributed by atoms with Crippen LogP contribution in [0, 0.1) is 0 Å². The second kappa shape index (κ2) is 66.6. The molecule has 0 aliphatic heterocycles. The first-order valence-electron chi connectivity index (χ1n) is 34.3. The van der Waals surface area contributed by atoms with Crippen LogP contribution in [0.3, 0.4) is 0 Å². The standard InChI is InChI=1S/C72H130O6/c1-4-7-10-13-16-19-22-25-28-31-34-35-36-37-39-41-44-47-50-53-56-59-62-65-71(74)77-68-69(67-76-70(73)64-61-58-55-52-49-46-43-40-33-30-27-24-21-18-15-12-9-6-3)78-72(75)66-63-60-57-54-51-48-45-42-38-32-29-26-23-20-17-14-11-8-5-2/h8,11,17,20,26,29,31,34,38,42,69H,4-7,9-10,12-16,18-19,21-25,27-28,30,32-33,35-37,39-41,43-68H2,1-3H3/b11-8-,20-17-,29-26-,34-31-,42-38-. The van der Waals surface area contributed by atoms with Gasteiger partial charge in [0, 0.05) is 19.3 Å². The number of ether oxygens (including phenoxy) is 3. The largest absolute Gasteiger partial charge is 0.462 e. The van der Waals surface area contributed by atoms with E-state index in [1.807, 2.05) is 0 Å². The highest BCUT2D eigenvalue weighted by molar-refractivity contribution is 5.71. The Morgan fingerprint density at radius 1 is 0.269 bits per heavy atom. The highest BCUT2D eigenvalue weighted by Crippen LogP contribution is 2.18. The Kier molecular flexibility index (Phi) is 64.2. The molecule has 1 atom stereocenters. The van der Waals surface area contributed by atoms with E-state index in [-0.39, 0.29) is 31.1 Å². The monoisotopic (exact) mass is 1090 g/mol. The van der Waals surface area contributed by atoms with Crippen molar-refractivity contribution in [3.63, 3.8) is 0 Å². The summed E-state index contributed by atoms with van der Waals surface area (Å²) in [4.78, 5) is 38.4. The molecule has 6 heteroatoms. The Morgan fingerprint density at radius 2 is 0.500 bits per heavy atom. The highest BCUT2D eigenvalue weighted by atomic mass is 16.6. The van der Waals surface area contributed by atoms with Gasteiger partial charge in [-0.3, -0.25) is 14.4 Å². The fraction of sp³-hybridized carbons (Fsp3) is 0.819. The van der Waals surface area contributed by atoms with Gasteiger partial charge in [0.05, 0.1) is 0 Å². The molecule has 0 N–H and O–H groups in total. The summed E-state index contributed by atoms with van der Waals surface area (Å²) in [6.07, 6.45) is 85.2. The maximum Gasteiger partial charge on any atom is 0.306 e. The van der Waals surface area contributed by atoms with Crippen molar-refractivity contribution in [3.05, 3.63) is 60.8 Å². The molecule has 454 valence electrons. The van der Waals surface area contributed by atoms with Gasteiger partial charge in [0.2, 0.25) is 0 Å². The van der Waals surface area contributed by atoms with Crippen molar-refractivity contribution < 1.29 is 28.6 Å². The lowest BCUT2D eigenvalue weighted by molar-refractivity contribution is -0.167. The van der Waals surface area contributed by atoms with Gasteiger partial charge in [0.25, 0.3) is 0 Å². The molecule has 0 aliphatic rings. The minimum atomic E-state index is -0.782. The van der Waals surface area contributed by atoms with E-state index >= 15 is 0 Å². The molecule has 0 bridgehead atoms. The molecule has 0 amide bonds. The Hall–Kier alpha value is -2.89. The zero-order valence-corrected chi connectivity index (χ0v) is 52.2. The number of rotatable bonds is 63. The molecule has 1 unspecified atom stereocenters. The van der Waals surface area contributed by atoms with Crippen LogP contribution in [0.1, 0.15) is 361 Å². The lowest BCUT2D eigenvalue weighted by atomic mass is 10.0. The Balaban J connectivity index is 4.34. The lowest BCUT2D eigenvalue weighted by Gasteiger charge is -2.18. The summed E-state index contributed by atoms with van der Waals surface area (Å²) >= 11 is 0. The zero-order valence-electron chi connectivity index (χ0n) is 52.2.